The average molecular weight is 423 g/mol. The predicted octanol–water partition coefficient (Wildman–Crippen LogP) is 0.265. The minimum atomic E-state index is -0.433. The van der Waals surface area contributed by atoms with Gasteiger partial charge in [-0.05, 0) is 37.5 Å². The molecule has 0 spiro atoms. The van der Waals surface area contributed by atoms with E-state index in [0.717, 1.165) is 41.7 Å². The fourth-order valence-electron chi connectivity index (χ4n) is 3.01. The first-order valence-corrected chi connectivity index (χ1v) is 10.1. The van der Waals surface area contributed by atoms with E-state index in [0.29, 0.717) is 25.3 Å². The average Bonchev–Trinajstić information content (AvgIpc) is 2.96. The molecule has 0 radical (unpaired) electrons. The molecule has 9 heteroatoms. The number of ether oxygens (including phenoxy) is 1. The SMILES string of the molecule is CCCc1nc(C)cc(=O)n1CCOc1ccc(CC2SC(=O)[N-]C2=O)cc1.[Na+]. The van der Waals surface area contributed by atoms with E-state index >= 15 is 0 Å². The quantitative estimate of drug-likeness (QED) is 0.566. The standard InChI is InChI=1S/C20H23N3O4S.Na/c1-3-4-17-21-13(2)11-18(24)23(17)9-10-27-15-7-5-14(6-8-15)12-16-19(25)22-20(26)28-16;/h5-8,11,16H,3-4,9-10,12H2,1-2H3,(H,22,25,26);/q;+1/p-1. The van der Waals surface area contributed by atoms with Crippen molar-refractivity contribution in [3.05, 3.63) is 63.1 Å². The van der Waals surface area contributed by atoms with Gasteiger partial charge in [-0.3, -0.25) is 9.36 Å². The number of hydrogen-bond donors (Lipinski definition) is 0. The molecule has 29 heavy (non-hydrogen) atoms. The van der Waals surface area contributed by atoms with Crippen LogP contribution in [0.1, 0.15) is 30.4 Å². The Balaban J connectivity index is 0.00000300. The number of nitrogens with zero attached hydrogens (tertiary/aromatic N) is 3. The smallest absolute Gasteiger partial charge is 0.585 e. The Hall–Kier alpha value is -1.61. The van der Waals surface area contributed by atoms with Gasteiger partial charge in [-0.1, -0.05) is 30.8 Å². The molecule has 148 valence electrons. The van der Waals surface area contributed by atoms with Crippen molar-refractivity contribution in [3.63, 3.8) is 0 Å². The normalized spacial score (nSPS) is 15.7. The van der Waals surface area contributed by atoms with E-state index in [-0.39, 0.29) is 41.0 Å². The van der Waals surface area contributed by atoms with Crippen LogP contribution in [-0.4, -0.2) is 32.6 Å². The molecule has 2 heterocycles. The van der Waals surface area contributed by atoms with Crippen molar-refractivity contribution in [2.24, 2.45) is 0 Å². The van der Waals surface area contributed by atoms with Crippen LogP contribution in [-0.2, 0) is 24.2 Å². The number of carbonyl (C=O) groups excluding carboxylic acids is 2. The molecule has 1 aliphatic rings. The zero-order valence-corrected chi connectivity index (χ0v) is 19.7. The maximum absolute atomic E-state index is 12.2. The maximum atomic E-state index is 12.2. The number of thioether (sulfide) groups is 1. The minimum Gasteiger partial charge on any atom is -0.585 e. The van der Waals surface area contributed by atoms with Crippen LogP contribution >= 0.6 is 11.8 Å². The van der Waals surface area contributed by atoms with Gasteiger partial charge in [0.1, 0.15) is 23.4 Å². The van der Waals surface area contributed by atoms with Crippen molar-refractivity contribution < 1.29 is 43.9 Å². The molecule has 1 saturated heterocycles. The van der Waals surface area contributed by atoms with Crippen molar-refractivity contribution in [3.8, 4) is 5.75 Å². The number of benzene rings is 1. The van der Waals surface area contributed by atoms with Gasteiger partial charge in [0.2, 0.25) is 0 Å². The predicted molar refractivity (Wildman–Crippen MR) is 108 cm³/mol. The van der Waals surface area contributed by atoms with Crippen molar-refractivity contribution in [1.82, 2.24) is 9.55 Å². The minimum absolute atomic E-state index is 0. The van der Waals surface area contributed by atoms with Crippen molar-refractivity contribution >= 4 is 22.9 Å². The van der Waals surface area contributed by atoms with Gasteiger partial charge in [-0.15, -0.1) is 0 Å². The van der Waals surface area contributed by atoms with Gasteiger partial charge in [0.25, 0.3) is 5.56 Å². The van der Waals surface area contributed by atoms with Crippen LogP contribution in [0.2, 0.25) is 0 Å². The first-order valence-electron chi connectivity index (χ1n) is 9.21. The van der Waals surface area contributed by atoms with Crippen LogP contribution in [0.3, 0.4) is 0 Å². The summed E-state index contributed by atoms with van der Waals surface area (Å²) in [5.74, 6) is 1.10. The summed E-state index contributed by atoms with van der Waals surface area (Å²) >= 11 is 0.967. The van der Waals surface area contributed by atoms with Crippen molar-refractivity contribution in [2.75, 3.05) is 6.61 Å². The molecular formula is C20H22N3NaO4S. The Kier molecular flexibility index (Phi) is 8.95. The number of rotatable bonds is 8. The van der Waals surface area contributed by atoms with Gasteiger partial charge in [-0.25, -0.2) is 4.98 Å². The number of carbonyl (C=O) groups is 2. The van der Waals surface area contributed by atoms with E-state index in [1.807, 2.05) is 31.2 Å². The molecule has 2 amide bonds. The fraction of sp³-hybridized carbons (Fsp3) is 0.400. The zero-order valence-electron chi connectivity index (χ0n) is 16.9. The summed E-state index contributed by atoms with van der Waals surface area (Å²) in [6.07, 6.45) is 2.13. The summed E-state index contributed by atoms with van der Waals surface area (Å²) in [6, 6.07) is 8.92. The third-order valence-electron chi connectivity index (χ3n) is 4.34. The third-order valence-corrected chi connectivity index (χ3v) is 5.28. The first kappa shape index (κ1) is 23.7. The van der Waals surface area contributed by atoms with Crippen molar-refractivity contribution in [1.29, 1.82) is 0 Å². The summed E-state index contributed by atoms with van der Waals surface area (Å²) in [4.78, 5) is 39.5. The molecule has 7 nitrogen and oxygen atoms in total. The summed E-state index contributed by atoms with van der Waals surface area (Å²) in [5.41, 5.74) is 1.61. The summed E-state index contributed by atoms with van der Waals surface area (Å²) in [7, 11) is 0. The fourth-order valence-corrected chi connectivity index (χ4v) is 3.83. The molecule has 1 aliphatic heterocycles. The molecule has 1 fully saturated rings. The number of aryl methyl sites for hydroxylation is 2. The number of hydrogen-bond acceptors (Lipinski definition) is 6. The Labute approximate surface area is 195 Å². The van der Waals surface area contributed by atoms with Crippen LogP contribution in [0.4, 0.5) is 4.79 Å². The molecule has 0 aliphatic carbocycles. The van der Waals surface area contributed by atoms with Crippen LogP contribution in [0.5, 0.6) is 5.75 Å². The van der Waals surface area contributed by atoms with Crippen molar-refractivity contribution in [2.45, 2.75) is 44.9 Å². The van der Waals surface area contributed by atoms with Crippen LogP contribution in [0.25, 0.3) is 5.32 Å². The molecule has 0 N–H and O–H groups in total. The molecule has 1 aromatic carbocycles. The Morgan fingerprint density at radius 2 is 1.93 bits per heavy atom. The van der Waals surface area contributed by atoms with Gasteiger partial charge in [-0.2, -0.15) is 0 Å². The van der Waals surface area contributed by atoms with Crippen LogP contribution in [0, 0.1) is 6.92 Å². The maximum Gasteiger partial charge on any atom is 1.00 e. The number of imide groups is 1. The third kappa shape index (κ3) is 6.44. The Bertz CT molecular complexity index is 930. The molecule has 1 atom stereocenters. The molecule has 3 rings (SSSR count). The summed E-state index contributed by atoms with van der Waals surface area (Å²) < 4.78 is 7.42. The molecule has 0 saturated carbocycles. The molecular weight excluding hydrogens is 401 g/mol. The summed E-state index contributed by atoms with van der Waals surface area (Å²) in [6.45, 7) is 4.66. The topological polar surface area (TPSA) is 92.4 Å². The molecule has 2 aromatic rings. The monoisotopic (exact) mass is 423 g/mol. The van der Waals surface area contributed by atoms with E-state index in [2.05, 4.69) is 17.2 Å². The van der Waals surface area contributed by atoms with E-state index in [9.17, 15) is 14.4 Å². The molecule has 1 unspecified atom stereocenters. The van der Waals surface area contributed by atoms with Crippen LogP contribution < -0.4 is 39.9 Å². The van der Waals surface area contributed by atoms with Gasteiger partial charge < -0.3 is 19.6 Å². The second-order valence-electron chi connectivity index (χ2n) is 6.57. The largest absolute Gasteiger partial charge is 1.00 e. The van der Waals surface area contributed by atoms with Crippen LogP contribution in [0.15, 0.2) is 35.1 Å². The Morgan fingerprint density at radius 3 is 2.55 bits per heavy atom. The molecule has 1 aromatic heterocycles. The number of amides is 2. The molecule has 0 bridgehead atoms. The van der Waals surface area contributed by atoms with E-state index in [1.165, 1.54) is 6.07 Å². The second kappa shape index (κ2) is 11.0. The van der Waals surface area contributed by atoms with Gasteiger partial charge in [0.05, 0.1) is 17.7 Å². The van der Waals surface area contributed by atoms with E-state index in [4.69, 9.17) is 4.74 Å². The van der Waals surface area contributed by atoms with E-state index < -0.39 is 10.5 Å². The van der Waals surface area contributed by atoms with Gasteiger partial charge in [0.15, 0.2) is 0 Å². The Morgan fingerprint density at radius 1 is 1.21 bits per heavy atom. The first-order chi connectivity index (χ1) is 13.5. The zero-order chi connectivity index (χ0) is 20.1. The summed E-state index contributed by atoms with van der Waals surface area (Å²) in [5, 5.41) is 2.56. The van der Waals surface area contributed by atoms with Gasteiger partial charge >= 0.3 is 29.6 Å². The van der Waals surface area contributed by atoms with Gasteiger partial charge in [0, 0.05) is 18.2 Å². The second-order valence-corrected chi connectivity index (χ2v) is 7.73. The number of aromatic nitrogens is 2. The van der Waals surface area contributed by atoms with E-state index in [1.54, 1.807) is 4.57 Å².